The third-order valence-electron chi connectivity index (χ3n) is 2.89. The van der Waals surface area contributed by atoms with Gasteiger partial charge in [-0.25, -0.2) is 0 Å². The third-order valence-corrected chi connectivity index (χ3v) is 3.87. The summed E-state index contributed by atoms with van der Waals surface area (Å²) in [5.41, 5.74) is -0.402. The highest BCUT2D eigenvalue weighted by molar-refractivity contribution is 7.10. The highest BCUT2D eigenvalue weighted by atomic mass is 32.1. The standard InChI is InChI=1S/C17H20NOS/c1-18(2,3)13-8-12-17(19,16-11-7-14-20-16)15-9-5-4-6-10-15/h4-7,9-11,14,19H,13H2,1-3H3/q+1. The van der Waals surface area contributed by atoms with Gasteiger partial charge < -0.3 is 9.59 Å². The lowest BCUT2D eigenvalue weighted by Crippen LogP contribution is -2.35. The Morgan fingerprint density at radius 2 is 1.80 bits per heavy atom. The summed E-state index contributed by atoms with van der Waals surface area (Å²) >= 11 is 1.53. The fraction of sp³-hybridized carbons (Fsp3) is 0.294. The van der Waals surface area contributed by atoms with E-state index in [4.69, 9.17) is 0 Å². The van der Waals surface area contributed by atoms with Crippen molar-refractivity contribution in [2.75, 3.05) is 27.7 Å². The van der Waals surface area contributed by atoms with Crippen LogP contribution in [-0.2, 0) is 5.60 Å². The van der Waals surface area contributed by atoms with E-state index in [1.165, 1.54) is 11.3 Å². The first kappa shape index (κ1) is 14.8. The molecule has 0 aliphatic carbocycles. The van der Waals surface area contributed by atoms with Gasteiger partial charge in [-0.05, 0) is 17.4 Å². The van der Waals surface area contributed by atoms with Crippen molar-refractivity contribution in [2.24, 2.45) is 0 Å². The van der Waals surface area contributed by atoms with E-state index < -0.39 is 5.60 Å². The maximum Gasteiger partial charge on any atom is 0.186 e. The van der Waals surface area contributed by atoms with E-state index in [9.17, 15) is 5.11 Å². The Bertz CT molecular complexity index is 602. The normalized spacial score (nSPS) is 14.2. The quantitative estimate of drug-likeness (QED) is 0.679. The van der Waals surface area contributed by atoms with Crippen LogP contribution in [0.5, 0.6) is 0 Å². The first-order chi connectivity index (χ1) is 9.42. The number of benzene rings is 1. The van der Waals surface area contributed by atoms with Gasteiger partial charge in [0, 0.05) is 5.56 Å². The van der Waals surface area contributed by atoms with Crippen LogP contribution < -0.4 is 0 Å². The van der Waals surface area contributed by atoms with Gasteiger partial charge in [-0.15, -0.1) is 11.3 Å². The third kappa shape index (κ3) is 3.49. The summed E-state index contributed by atoms with van der Waals surface area (Å²) in [5.74, 6) is 6.20. The van der Waals surface area contributed by atoms with E-state index >= 15 is 0 Å². The molecule has 0 aliphatic rings. The van der Waals surface area contributed by atoms with Gasteiger partial charge in [0.2, 0.25) is 0 Å². The average molecular weight is 286 g/mol. The molecule has 1 unspecified atom stereocenters. The largest absolute Gasteiger partial charge is 0.369 e. The average Bonchev–Trinajstić information content (AvgIpc) is 2.92. The maximum absolute atomic E-state index is 11.1. The van der Waals surface area contributed by atoms with Crippen LogP contribution in [-0.4, -0.2) is 37.3 Å². The van der Waals surface area contributed by atoms with E-state index in [1.807, 2.05) is 47.8 Å². The molecule has 1 aromatic carbocycles. The minimum Gasteiger partial charge on any atom is -0.369 e. The number of rotatable bonds is 3. The van der Waals surface area contributed by atoms with Crippen LogP contribution in [0.1, 0.15) is 10.4 Å². The molecule has 1 heterocycles. The number of thiophene rings is 1. The molecule has 1 aromatic heterocycles. The Hall–Kier alpha value is -1.60. The van der Waals surface area contributed by atoms with Crippen LogP contribution in [0.4, 0.5) is 0 Å². The smallest absolute Gasteiger partial charge is 0.186 e. The summed E-state index contributed by atoms with van der Waals surface area (Å²) < 4.78 is 0.752. The number of quaternary nitrogens is 1. The fourth-order valence-corrected chi connectivity index (χ4v) is 2.64. The molecule has 3 heteroatoms. The van der Waals surface area contributed by atoms with Crippen molar-refractivity contribution in [3.8, 4) is 11.8 Å². The second-order valence-electron chi connectivity index (χ2n) is 5.80. The Morgan fingerprint density at radius 1 is 1.10 bits per heavy atom. The summed E-state index contributed by atoms with van der Waals surface area (Å²) in [4.78, 5) is 0.859. The Labute approximate surface area is 124 Å². The first-order valence-corrected chi connectivity index (χ1v) is 7.42. The number of aliphatic hydroxyl groups is 1. The predicted octanol–water partition coefficient (Wildman–Crippen LogP) is 2.69. The molecular weight excluding hydrogens is 266 g/mol. The molecule has 1 atom stereocenters. The Kier molecular flexibility index (Phi) is 4.29. The van der Waals surface area contributed by atoms with Gasteiger partial charge in [-0.3, -0.25) is 0 Å². The van der Waals surface area contributed by atoms with Crippen molar-refractivity contribution in [1.82, 2.24) is 0 Å². The minimum atomic E-state index is -1.22. The molecule has 1 N–H and O–H groups in total. The molecule has 0 radical (unpaired) electrons. The van der Waals surface area contributed by atoms with E-state index in [2.05, 4.69) is 33.0 Å². The van der Waals surface area contributed by atoms with Gasteiger partial charge in [0.15, 0.2) is 5.60 Å². The van der Waals surface area contributed by atoms with E-state index in [1.54, 1.807) is 0 Å². The molecule has 0 bridgehead atoms. The molecule has 20 heavy (non-hydrogen) atoms. The van der Waals surface area contributed by atoms with Gasteiger partial charge in [0.25, 0.3) is 0 Å². The minimum absolute atomic E-state index is 0.695. The molecule has 0 saturated heterocycles. The molecule has 0 fully saturated rings. The summed E-state index contributed by atoms with van der Waals surface area (Å²) in [6.45, 7) is 0.695. The molecule has 2 rings (SSSR count). The van der Waals surface area contributed by atoms with Crippen LogP contribution in [0.25, 0.3) is 0 Å². The van der Waals surface area contributed by atoms with Gasteiger partial charge in [-0.2, -0.15) is 0 Å². The zero-order valence-corrected chi connectivity index (χ0v) is 12.9. The SMILES string of the molecule is C[N+](C)(C)CC#CC(O)(c1ccccc1)c1cccs1. The molecule has 0 saturated carbocycles. The van der Waals surface area contributed by atoms with E-state index in [-0.39, 0.29) is 0 Å². The molecule has 104 valence electrons. The summed E-state index contributed by atoms with van der Waals surface area (Å²) in [7, 11) is 6.25. The van der Waals surface area contributed by atoms with Crippen molar-refractivity contribution >= 4 is 11.3 Å². The molecule has 0 amide bonds. The van der Waals surface area contributed by atoms with Crippen molar-refractivity contribution in [3.63, 3.8) is 0 Å². The molecule has 0 aliphatic heterocycles. The monoisotopic (exact) mass is 286 g/mol. The maximum atomic E-state index is 11.1. The second-order valence-corrected chi connectivity index (χ2v) is 6.75. The number of hydrogen-bond donors (Lipinski definition) is 1. The second kappa shape index (κ2) is 5.80. The molecule has 2 nitrogen and oxygen atoms in total. The van der Waals surface area contributed by atoms with Gasteiger partial charge >= 0.3 is 0 Å². The molecular formula is C17H20NOS+. The summed E-state index contributed by atoms with van der Waals surface area (Å²) in [5, 5.41) is 13.0. The molecule has 2 aromatic rings. The molecule has 0 spiro atoms. The van der Waals surface area contributed by atoms with Crippen LogP contribution >= 0.6 is 11.3 Å². The Morgan fingerprint density at radius 3 is 2.35 bits per heavy atom. The van der Waals surface area contributed by atoms with Gasteiger partial charge in [0.1, 0.15) is 6.54 Å². The number of hydrogen-bond acceptors (Lipinski definition) is 2. The lowest BCUT2D eigenvalue weighted by Gasteiger charge is -2.23. The lowest BCUT2D eigenvalue weighted by atomic mass is 9.92. The highest BCUT2D eigenvalue weighted by Gasteiger charge is 2.30. The van der Waals surface area contributed by atoms with Crippen LogP contribution in [0, 0.1) is 11.8 Å². The highest BCUT2D eigenvalue weighted by Crippen LogP contribution is 2.32. The topological polar surface area (TPSA) is 20.2 Å². The van der Waals surface area contributed by atoms with Gasteiger partial charge in [0.05, 0.1) is 26.0 Å². The summed E-state index contributed by atoms with van der Waals surface area (Å²) in [6, 6.07) is 13.5. The fourth-order valence-electron chi connectivity index (χ4n) is 1.84. The predicted molar refractivity (Wildman–Crippen MR) is 84.4 cm³/mol. The van der Waals surface area contributed by atoms with Gasteiger partial charge in [-0.1, -0.05) is 42.3 Å². The Balaban J connectivity index is 2.41. The zero-order chi connectivity index (χ0) is 14.6. The van der Waals surface area contributed by atoms with E-state index in [0.29, 0.717) is 6.54 Å². The van der Waals surface area contributed by atoms with Crippen LogP contribution in [0.3, 0.4) is 0 Å². The van der Waals surface area contributed by atoms with Crippen molar-refractivity contribution in [2.45, 2.75) is 5.60 Å². The van der Waals surface area contributed by atoms with Crippen molar-refractivity contribution in [1.29, 1.82) is 0 Å². The first-order valence-electron chi connectivity index (χ1n) is 6.54. The van der Waals surface area contributed by atoms with Crippen LogP contribution in [0.2, 0.25) is 0 Å². The zero-order valence-electron chi connectivity index (χ0n) is 12.1. The summed E-state index contributed by atoms with van der Waals surface area (Å²) in [6.07, 6.45) is 0. The van der Waals surface area contributed by atoms with Crippen molar-refractivity contribution in [3.05, 3.63) is 58.3 Å². The van der Waals surface area contributed by atoms with E-state index in [0.717, 1.165) is 14.9 Å². The lowest BCUT2D eigenvalue weighted by molar-refractivity contribution is -0.862. The van der Waals surface area contributed by atoms with Crippen LogP contribution in [0.15, 0.2) is 47.8 Å². The number of nitrogens with zero attached hydrogens (tertiary/aromatic N) is 1. The van der Waals surface area contributed by atoms with Crippen molar-refractivity contribution < 1.29 is 9.59 Å².